The smallest absolute Gasteiger partial charge is 0.257 e. The second-order valence-corrected chi connectivity index (χ2v) is 11.3. The molecule has 184 valence electrons. The summed E-state index contributed by atoms with van der Waals surface area (Å²) in [6.07, 6.45) is 3.98. The van der Waals surface area contributed by atoms with Gasteiger partial charge in [-0.3, -0.25) is 14.1 Å². The lowest BCUT2D eigenvalue weighted by Crippen LogP contribution is -2.32. The van der Waals surface area contributed by atoms with Crippen LogP contribution in [0.1, 0.15) is 29.6 Å². The van der Waals surface area contributed by atoms with E-state index in [1.807, 2.05) is 24.3 Å². The number of hydrogen-bond acceptors (Lipinski definition) is 5. The van der Waals surface area contributed by atoms with Crippen LogP contribution in [0.2, 0.25) is 10.0 Å². The summed E-state index contributed by atoms with van der Waals surface area (Å²) in [5.41, 5.74) is 4.03. The van der Waals surface area contributed by atoms with E-state index in [-0.39, 0.29) is 16.3 Å². The van der Waals surface area contributed by atoms with E-state index < -0.39 is 15.9 Å². The molecule has 2 aromatic carbocycles. The minimum Gasteiger partial charge on any atom is -0.322 e. The van der Waals surface area contributed by atoms with Crippen LogP contribution in [-0.2, 0) is 10.0 Å². The Morgan fingerprint density at radius 2 is 1.78 bits per heavy atom. The number of nitrogens with one attached hydrogen (secondary N) is 1. The SMILES string of the molecule is O=C(Nc1ccc(Cl)c(-c2ccc3ncccc3n2)c1)c1ccc(N2CCCCCS2(=O)=O)cc1Cl. The third-order valence-corrected chi connectivity index (χ3v) is 8.55. The molecule has 0 spiro atoms. The highest BCUT2D eigenvalue weighted by molar-refractivity contribution is 7.92. The molecule has 5 rings (SSSR count). The van der Waals surface area contributed by atoms with Gasteiger partial charge in [0.05, 0.1) is 43.8 Å². The molecule has 36 heavy (non-hydrogen) atoms. The standard InChI is InChI=1S/C26H22Cl2N4O3S/c27-21-9-6-17(15-20(21)23-10-11-24-25(31-23)5-4-12-29-24)30-26(33)19-8-7-18(16-22(19)28)32-13-2-1-3-14-36(32,34)35/h4-12,15-16H,1-3,13-14H2,(H,30,33). The van der Waals surface area contributed by atoms with Crippen LogP contribution >= 0.6 is 23.2 Å². The Kier molecular flexibility index (Phi) is 6.83. The first-order valence-corrected chi connectivity index (χ1v) is 13.8. The molecule has 0 unspecified atom stereocenters. The molecule has 7 nitrogen and oxygen atoms in total. The number of amides is 1. The Morgan fingerprint density at radius 1 is 0.917 bits per heavy atom. The zero-order chi connectivity index (χ0) is 25.3. The number of benzene rings is 2. The fourth-order valence-corrected chi connectivity index (χ4v) is 6.31. The van der Waals surface area contributed by atoms with Crippen LogP contribution in [-0.4, -0.2) is 36.6 Å². The van der Waals surface area contributed by atoms with E-state index in [0.29, 0.717) is 40.6 Å². The van der Waals surface area contributed by atoms with E-state index in [0.717, 1.165) is 23.9 Å². The molecule has 10 heteroatoms. The van der Waals surface area contributed by atoms with E-state index >= 15 is 0 Å². The molecule has 3 heterocycles. The van der Waals surface area contributed by atoms with E-state index in [9.17, 15) is 13.2 Å². The molecule has 0 atom stereocenters. The Hall–Kier alpha value is -3.20. The number of rotatable bonds is 4. The van der Waals surface area contributed by atoms with Crippen LogP contribution < -0.4 is 9.62 Å². The average molecular weight is 541 g/mol. The van der Waals surface area contributed by atoms with Crippen molar-refractivity contribution in [3.63, 3.8) is 0 Å². The summed E-state index contributed by atoms with van der Waals surface area (Å²) in [6, 6.07) is 17.2. The first-order valence-electron chi connectivity index (χ1n) is 11.4. The molecule has 0 bridgehead atoms. The van der Waals surface area contributed by atoms with E-state index in [1.165, 1.54) is 10.4 Å². The molecule has 1 aliphatic rings. The van der Waals surface area contributed by atoms with Crippen LogP contribution in [0.4, 0.5) is 11.4 Å². The lowest BCUT2D eigenvalue weighted by Gasteiger charge is -2.22. The minimum atomic E-state index is -3.41. The maximum atomic E-state index is 13.0. The number of pyridine rings is 2. The Morgan fingerprint density at radius 3 is 2.61 bits per heavy atom. The zero-order valence-corrected chi connectivity index (χ0v) is 21.4. The van der Waals surface area contributed by atoms with Crippen LogP contribution in [0, 0.1) is 0 Å². The van der Waals surface area contributed by atoms with E-state index in [4.69, 9.17) is 23.2 Å². The molecule has 4 aromatic rings. The third kappa shape index (κ3) is 5.02. The van der Waals surface area contributed by atoms with Crippen molar-refractivity contribution < 1.29 is 13.2 Å². The van der Waals surface area contributed by atoms with Crippen LogP contribution in [0.15, 0.2) is 66.9 Å². The van der Waals surface area contributed by atoms with Gasteiger partial charge in [0.1, 0.15) is 0 Å². The summed E-state index contributed by atoms with van der Waals surface area (Å²) in [6.45, 7) is 0.399. The summed E-state index contributed by atoms with van der Waals surface area (Å²) >= 11 is 12.9. The van der Waals surface area contributed by atoms with Crippen molar-refractivity contribution in [1.82, 2.24) is 9.97 Å². The Bertz CT molecular complexity index is 1580. The normalized spacial score (nSPS) is 15.4. The average Bonchev–Trinajstić information content (AvgIpc) is 3.04. The molecule has 0 radical (unpaired) electrons. The zero-order valence-electron chi connectivity index (χ0n) is 19.1. The monoisotopic (exact) mass is 540 g/mol. The number of fused-ring (bicyclic) bond motifs is 1. The van der Waals surface area contributed by atoms with Crippen molar-refractivity contribution in [2.24, 2.45) is 0 Å². The summed E-state index contributed by atoms with van der Waals surface area (Å²) in [7, 11) is -3.41. The lowest BCUT2D eigenvalue weighted by atomic mass is 10.1. The first kappa shape index (κ1) is 24.5. The van der Waals surface area contributed by atoms with Gasteiger partial charge in [0.15, 0.2) is 0 Å². The van der Waals surface area contributed by atoms with Gasteiger partial charge >= 0.3 is 0 Å². The van der Waals surface area contributed by atoms with Gasteiger partial charge in [-0.05, 0) is 73.5 Å². The maximum Gasteiger partial charge on any atom is 0.257 e. The predicted octanol–water partition coefficient (Wildman–Crippen LogP) is 6.18. The van der Waals surface area contributed by atoms with Crippen molar-refractivity contribution in [1.29, 1.82) is 0 Å². The quantitative estimate of drug-likeness (QED) is 0.333. The number of nitrogens with zero attached hydrogens (tertiary/aromatic N) is 3. The fraction of sp³-hybridized carbons (Fsp3) is 0.192. The number of sulfonamides is 1. The molecule has 1 amide bonds. The van der Waals surface area contributed by atoms with Gasteiger partial charge in [-0.15, -0.1) is 0 Å². The molecule has 1 fully saturated rings. The number of halogens is 2. The van der Waals surface area contributed by atoms with Gasteiger partial charge in [-0.2, -0.15) is 0 Å². The third-order valence-electron chi connectivity index (χ3n) is 6.04. The lowest BCUT2D eigenvalue weighted by molar-refractivity contribution is 0.102. The topological polar surface area (TPSA) is 92.3 Å². The summed E-state index contributed by atoms with van der Waals surface area (Å²) < 4.78 is 26.6. The van der Waals surface area contributed by atoms with Gasteiger partial charge in [-0.1, -0.05) is 29.6 Å². The van der Waals surface area contributed by atoms with E-state index in [2.05, 4.69) is 15.3 Å². The molecule has 0 aliphatic carbocycles. The van der Waals surface area contributed by atoms with Crippen molar-refractivity contribution in [2.45, 2.75) is 19.3 Å². The van der Waals surface area contributed by atoms with Crippen LogP contribution in [0.25, 0.3) is 22.3 Å². The molecule has 0 saturated carbocycles. The van der Waals surface area contributed by atoms with E-state index in [1.54, 1.807) is 36.5 Å². The maximum absolute atomic E-state index is 13.0. The second-order valence-electron chi connectivity index (χ2n) is 8.50. The molecule has 1 saturated heterocycles. The Balaban J connectivity index is 1.39. The predicted molar refractivity (Wildman–Crippen MR) is 144 cm³/mol. The number of carbonyl (C=O) groups excluding carboxylic acids is 1. The largest absolute Gasteiger partial charge is 0.322 e. The van der Waals surface area contributed by atoms with Crippen molar-refractivity contribution >= 4 is 61.5 Å². The number of anilines is 2. The minimum absolute atomic E-state index is 0.105. The van der Waals surface area contributed by atoms with Crippen molar-refractivity contribution in [3.05, 3.63) is 82.5 Å². The fourth-order valence-electron chi connectivity index (χ4n) is 4.20. The van der Waals surface area contributed by atoms with Gasteiger partial charge in [-0.25, -0.2) is 13.4 Å². The highest BCUT2D eigenvalue weighted by Gasteiger charge is 2.25. The molecular weight excluding hydrogens is 519 g/mol. The van der Waals surface area contributed by atoms with Crippen molar-refractivity contribution in [3.8, 4) is 11.3 Å². The number of carbonyl (C=O) groups is 1. The Labute approximate surface area is 219 Å². The van der Waals surface area contributed by atoms with Gasteiger partial charge in [0, 0.05) is 24.0 Å². The highest BCUT2D eigenvalue weighted by atomic mass is 35.5. The molecule has 1 aliphatic heterocycles. The molecule has 1 N–H and O–H groups in total. The van der Waals surface area contributed by atoms with Crippen molar-refractivity contribution in [2.75, 3.05) is 21.9 Å². The first-order chi connectivity index (χ1) is 17.3. The van der Waals surface area contributed by atoms with Crippen LogP contribution in [0.5, 0.6) is 0 Å². The van der Waals surface area contributed by atoms with Gasteiger partial charge < -0.3 is 5.32 Å². The highest BCUT2D eigenvalue weighted by Crippen LogP contribution is 2.32. The van der Waals surface area contributed by atoms with Gasteiger partial charge in [0.2, 0.25) is 10.0 Å². The second kappa shape index (κ2) is 10.0. The molecule has 2 aromatic heterocycles. The summed E-state index contributed by atoms with van der Waals surface area (Å²) in [5, 5.41) is 3.50. The van der Waals surface area contributed by atoms with Gasteiger partial charge in [0.25, 0.3) is 5.91 Å². The number of aromatic nitrogens is 2. The number of hydrogen-bond donors (Lipinski definition) is 1. The molecular formula is C26H22Cl2N4O3S. The van der Waals surface area contributed by atoms with Crippen LogP contribution in [0.3, 0.4) is 0 Å². The summed E-state index contributed by atoms with van der Waals surface area (Å²) in [4.78, 5) is 21.9. The summed E-state index contributed by atoms with van der Waals surface area (Å²) in [5.74, 6) is -0.317.